The van der Waals surface area contributed by atoms with Crippen molar-refractivity contribution in [2.45, 2.75) is 39.5 Å². The molecule has 2 aliphatic rings. The summed E-state index contributed by atoms with van der Waals surface area (Å²) in [6.45, 7) is 6.39. The second kappa shape index (κ2) is 7.77. The lowest BCUT2D eigenvalue weighted by Gasteiger charge is -2.26. The minimum absolute atomic E-state index is 0.0448. The molecule has 4 heterocycles. The summed E-state index contributed by atoms with van der Waals surface area (Å²) >= 11 is 0. The number of hydrogen-bond acceptors (Lipinski definition) is 5. The minimum atomic E-state index is -0.328. The van der Waals surface area contributed by atoms with Gasteiger partial charge in [-0.3, -0.25) is 14.6 Å². The van der Waals surface area contributed by atoms with E-state index in [-0.39, 0.29) is 11.6 Å². The zero-order chi connectivity index (χ0) is 21.5. The highest BCUT2D eigenvalue weighted by Gasteiger charge is 2.33. The summed E-state index contributed by atoms with van der Waals surface area (Å²) in [6, 6.07) is 7.73. The summed E-state index contributed by atoms with van der Waals surface area (Å²) in [6.07, 6.45) is 5.58. The molecule has 0 unspecified atom stereocenters. The number of H-pyrrole nitrogens is 1. The lowest BCUT2D eigenvalue weighted by Crippen LogP contribution is -2.37. The van der Waals surface area contributed by atoms with Gasteiger partial charge in [0, 0.05) is 6.20 Å². The van der Waals surface area contributed by atoms with E-state index in [0.29, 0.717) is 35.1 Å². The molecule has 1 saturated heterocycles. The molecule has 0 aliphatic carbocycles. The van der Waals surface area contributed by atoms with Gasteiger partial charge in [0.05, 0.1) is 23.5 Å². The predicted molar refractivity (Wildman–Crippen MR) is 119 cm³/mol. The largest absolute Gasteiger partial charge is 0.348 e. The van der Waals surface area contributed by atoms with Crippen LogP contribution in [0.5, 0.6) is 0 Å². The maximum atomic E-state index is 13.7. The van der Waals surface area contributed by atoms with Crippen LogP contribution in [0.3, 0.4) is 0 Å². The van der Waals surface area contributed by atoms with Gasteiger partial charge in [-0.05, 0) is 74.2 Å². The van der Waals surface area contributed by atoms with Gasteiger partial charge >= 0.3 is 5.69 Å². The third-order valence-corrected chi connectivity index (χ3v) is 6.26. The van der Waals surface area contributed by atoms with E-state index in [0.717, 1.165) is 49.9 Å². The fourth-order valence-corrected chi connectivity index (χ4v) is 4.70. The number of hydrogen-bond donors (Lipinski definition) is 1. The molecule has 0 atom stereocenters. The first-order chi connectivity index (χ1) is 15.1. The average Bonchev–Trinajstić information content (AvgIpc) is 3.41. The fraction of sp³-hybridized carbons (Fsp3) is 0.391. The Hall–Kier alpha value is -3.26. The van der Waals surface area contributed by atoms with E-state index in [9.17, 15) is 9.59 Å². The van der Waals surface area contributed by atoms with Crippen molar-refractivity contribution < 1.29 is 4.79 Å². The maximum Gasteiger partial charge on any atom is 0.348 e. The summed E-state index contributed by atoms with van der Waals surface area (Å²) < 4.78 is 1.57. The molecule has 0 radical (unpaired) electrons. The molecule has 31 heavy (non-hydrogen) atoms. The van der Waals surface area contributed by atoms with E-state index in [4.69, 9.17) is 0 Å². The molecule has 0 saturated carbocycles. The first-order valence-electron chi connectivity index (χ1n) is 11.0. The number of fused-ring (bicyclic) bond motifs is 5. The van der Waals surface area contributed by atoms with Crippen LogP contribution < -0.4 is 10.6 Å². The van der Waals surface area contributed by atoms with Crippen LogP contribution in [-0.4, -0.2) is 50.2 Å². The van der Waals surface area contributed by atoms with Crippen LogP contribution in [0.15, 0.2) is 35.3 Å². The normalized spacial score (nSPS) is 15.4. The maximum absolute atomic E-state index is 13.7. The van der Waals surface area contributed by atoms with Gasteiger partial charge in [-0.25, -0.2) is 19.4 Å². The van der Waals surface area contributed by atoms with Gasteiger partial charge < -0.3 is 0 Å². The van der Waals surface area contributed by atoms with Crippen LogP contribution in [0.1, 0.15) is 37.8 Å². The zero-order valence-corrected chi connectivity index (χ0v) is 17.9. The van der Waals surface area contributed by atoms with E-state index >= 15 is 0 Å². The molecular weight excluding hydrogens is 392 g/mol. The number of nitrogens with zero attached hydrogens (tertiary/aromatic N) is 5. The van der Waals surface area contributed by atoms with E-state index < -0.39 is 0 Å². The standard InChI is InChI=1S/C23H26N6O2/c1-3-15-12-18-19(13-16(15)4-2)29-22(25-26-23(29)31)17-8-7-9-24-21(17)28(18)20(30)14-27-10-5-6-11-27/h7-9,12-13H,3-6,10-11,14H2,1-2H3,(H,26,31). The fourth-order valence-electron chi connectivity index (χ4n) is 4.70. The molecule has 1 aromatic carbocycles. The molecule has 0 spiro atoms. The van der Waals surface area contributed by atoms with Crippen molar-refractivity contribution in [1.29, 1.82) is 0 Å². The molecule has 2 aliphatic heterocycles. The number of benzene rings is 1. The number of aromatic nitrogens is 4. The van der Waals surface area contributed by atoms with Crippen LogP contribution in [0, 0.1) is 0 Å². The molecule has 160 valence electrons. The number of nitrogens with one attached hydrogen (secondary N) is 1. The minimum Gasteiger partial charge on any atom is -0.294 e. The summed E-state index contributed by atoms with van der Waals surface area (Å²) in [5, 5.41) is 6.86. The van der Waals surface area contributed by atoms with Crippen LogP contribution in [0.25, 0.3) is 17.1 Å². The monoisotopic (exact) mass is 418 g/mol. The third kappa shape index (κ3) is 3.18. The Labute approximate surface area is 180 Å². The van der Waals surface area contributed by atoms with Crippen molar-refractivity contribution in [3.63, 3.8) is 0 Å². The highest BCUT2D eigenvalue weighted by molar-refractivity contribution is 6.06. The highest BCUT2D eigenvalue weighted by atomic mass is 16.2. The SMILES string of the molecule is CCc1cc2c(cc1CC)-n1c(n[nH]c1=O)-c1cccnc1N2C(=O)CN1CCCC1. The summed E-state index contributed by atoms with van der Waals surface area (Å²) in [5.74, 6) is 0.936. The van der Waals surface area contributed by atoms with Crippen molar-refractivity contribution in [2.24, 2.45) is 0 Å². The summed E-state index contributed by atoms with van der Waals surface area (Å²) in [5.41, 5.74) is 3.99. The molecule has 8 heteroatoms. The first kappa shape index (κ1) is 19.7. The molecule has 1 fully saturated rings. The Morgan fingerprint density at radius 2 is 1.81 bits per heavy atom. The van der Waals surface area contributed by atoms with Crippen molar-refractivity contribution in [3.8, 4) is 17.1 Å². The molecule has 3 aromatic rings. The Bertz CT molecular complexity index is 1210. The van der Waals surface area contributed by atoms with Crippen LogP contribution in [0.2, 0.25) is 0 Å². The second-order valence-electron chi connectivity index (χ2n) is 8.09. The average molecular weight is 419 g/mol. The van der Waals surface area contributed by atoms with Gasteiger partial charge in [0.25, 0.3) is 0 Å². The Morgan fingerprint density at radius 1 is 1.10 bits per heavy atom. The summed E-state index contributed by atoms with van der Waals surface area (Å²) in [7, 11) is 0. The quantitative estimate of drug-likeness (QED) is 0.704. The Morgan fingerprint density at radius 3 is 2.52 bits per heavy atom. The van der Waals surface area contributed by atoms with Gasteiger partial charge in [-0.15, -0.1) is 0 Å². The second-order valence-corrected chi connectivity index (χ2v) is 8.09. The molecule has 0 bridgehead atoms. The zero-order valence-electron chi connectivity index (χ0n) is 17.9. The molecule has 5 rings (SSSR count). The highest BCUT2D eigenvalue weighted by Crippen LogP contribution is 2.41. The lowest BCUT2D eigenvalue weighted by molar-refractivity contribution is -0.118. The van der Waals surface area contributed by atoms with Gasteiger partial charge in [0.2, 0.25) is 5.91 Å². The number of aryl methyl sites for hydroxylation is 2. The van der Waals surface area contributed by atoms with E-state index in [1.54, 1.807) is 21.7 Å². The van der Waals surface area contributed by atoms with E-state index in [2.05, 4.69) is 33.9 Å². The van der Waals surface area contributed by atoms with E-state index in [1.165, 1.54) is 0 Å². The molecule has 1 amide bonds. The number of aromatic amines is 1. The number of carbonyl (C=O) groups excluding carboxylic acids is 1. The topological polar surface area (TPSA) is 87.1 Å². The number of anilines is 2. The number of amides is 1. The number of likely N-dealkylation sites (tertiary alicyclic amines) is 1. The van der Waals surface area contributed by atoms with Gasteiger partial charge in [-0.2, -0.15) is 5.10 Å². The number of rotatable bonds is 4. The van der Waals surface area contributed by atoms with Crippen molar-refractivity contribution in [3.05, 3.63) is 52.1 Å². The number of carbonyl (C=O) groups is 1. The Kier molecular flexibility index (Phi) is 4.94. The lowest BCUT2D eigenvalue weighted by atomic mass is 10.00. The van der Waals surface area contributed by atoms with E-state index in [1.807, 2.05) is 18.2 Å². The van der Waals surface area contributed by atoms with Crippen molar-refractivity contribution in [1.82, 2.24) is 24.6 Å². The predicted octanol–water partition coefficient (Wildman–Crippen LogP) is 2.82. The van der Waals surface area contributed by atoms with Crippen molar-refractivity contribution >= 4 is 17.4 Å². The van der Waals surface area contributed by atoms with Gasteiger partial charge in [-0.1, -0.05) is 13.8 Å². The molecule has 8 nitrogen and oxygen atoms in total. The summed E-state index contributed by atoms with van der Waals surface area (Å²) in [4.78, 5) is 34.9. The van der Waals surface area contributed by atoms with Crippen molar-refractivity contribution in [2.75, 3.05) is 24.5 Å². The van der Waals surface area contributed by atoms with Crippen LogP contribution in [-0.2, 0) is 17.6 Å². The molecule has 2 aromatic heterocycles. The third-order valence-electron chi connectivity index (χ3n) is 6.26. The Balaban J connectivity index is 1.78. The van der Waals surface area contributed by atoms with Crippen LogP contribution >= 0.6 is 0 Å². The molecule has 1 N–H and O–H groups in total. The van der Waals surface area contributed by atoms with Gasteiger partial charge in [0.1, 0.15) is 0 Å². The molecular formula is C23H26N6O2. The van der Waals surface area contributed by atoms with Crippen LogP contribution in [0.4, 0.5) is 11.5 Å². The van der Waals surface area contributed by atoms with Gasteiger partial charge in [0.15, 0.2) is 11.6 Å². The number of pyridine rings is 1. The first-order valence-corrected chi connectivity index (χ1v) is 11.0. The smallest absolute Gasteiger partial charge is 0.294 e.